The Morgan fingerprint density at radius 1 is 1.56 bits per heavy atom. The minimum atomic E-state index is -3.82. The number of thioether (sulfide) groups is 1. The number of aromatic nitrogens is 2. The van der Waals surface area contributed by atoms with Crippen LogP contribution >= 0.6 is 23.4 Å². The van der Waals surface area contributed by atoms with E-state index in [-0.39, 0.29) is 15.2 Å². The SMILES string of the molecule is Cc1nn(C)c(Cl)c1S(=O)(=O)NC1CCSC1=O. The van der Waals surface area contributed by atoms with Crippen molar-refractivity contribution in [1.82, 2.24) is 14.5 Å². The Balaban J connectivity index is 2.34. The molecule has 1 N–H and O–H groups in total. The molecule has 1 aromatic rings. The van der Waals surface area contributed by atoms with Crippen LogP contribution in [-0.4, -0.2) is 35.1 Å². The summed E-state index contributed by atoms with van der Waals surface area (Å²) in [4.78, 5) is 11.4. The number of hydrogen-bond donors (Lipinski definition) is 1. The third-order valence-electron chi connectivity index (χ3n) is 2.60. The van der Waals surface area contributed by atoms with E-state index in [2.05, 4.69) is 9.82 Å². The van der Waals surface area contributed by atoms with E-state index in [1.807, 2.05) is 0 Å². The predicted octanol–water partition coefficient (Wildman–Crippen LogP) is 0.692. The molecule has 0 bridgehead atoms. The summed E-state index contributed by atoms with van der Waals surface area (Å²) < 4.78 is 28.0. The Morgan fingerprint density at radius 2 is 2.22 bits per heavy atom. The van der Waals surface area contributed by atoms with E-state index in [1.165, 1.54) is 4.68 Å². The lowest BCUT2D eigenvalue weighted by Gasteiger charge is -2.10. The van der Waals surface area contributed by atoms with Crippen LogP contribution in [0.15, 0.2) is 4.90 Å². The van der Waals surface area contributed by atoms with Crippen LogP contribution in [0.2, 0.25) is 5.15 Å². The number of hydrogen-bond acceptors (Lipinski definition) is 5. The second-order valence-electron chi connectivity index (χ2n) is 3.96. The summed E-state index contributed by atoms with van der Waals surface area (Å²) in [6.07, 6.45) is 0.500. The first kappa shape index (κ1) is 13.9. The molecule has 1 aliphatic heterocycles. The van der Waals surface area contributed by atoms with Crippen LogP contribution in [0, 0.1) is 6.92 Å². The second-order valence-corrected chi connectivity index (χ2v) is 7.07. The van der Waals surface area contributed by atoms with E-state index < -0.39 is 16.1 Å². The van der Waals surface area contributed by atoms with Gasteiger partial charge >= 0.3 is 0 Å². The number of rotatable bonds is 3. The van der Waals surface area contributed by atoms with Crippen molar-refractivity contribution in [3.8, 4) is 0 Å². The number of sulfonamides is 1. The molecule has 0 radical (unpaired) electrons. The molecule has 0 spiro atoms. The molecule has 1 atom stereocenters. The minimum absolute atomic E-state index is 0.0399. The van der Waals surface area contributed by atoms with Crippen molar-refractivity contribution in [1.29, 1.82) is 0 Å². The van der Waals surface area contributed by atoms with Crippen molar-refractivity contribution < 1.29 is 13.2 Å². The molecule has 9 heteroatoms. The quantitative estimate of drug-likeness (QED) is 0.888. The summed E-state index contributed by atoms with van der Waals surface area (Å²) >= 11 is 7.05. The Labute approximate surface area is 114 Å². The molecule has 1 saturated heterocycles. The summed E-state index contributed by atoms with van der Waals surface area (Å²) in [7, 11) is -2.26. The molecule has 0 amide bonds. The largest absolute Gasteiger partial charge is 0.285 e. The van der Waals surface area contributed by atoms with E-state index in [4.69, 9.17) is 11.6 Å². The molecule has 1 aromatic heterocycles. The molecule has 18 heavy (non-hydrogen) atoms. The Hall–Kier alpha value is -0.570. The van der Waals surface area contributed by atoms with Gasteiger partial charge in [-0.15, -0.1) is 0 Å². The van der Waals surface area contributed by atoms with Crippen LogP contribution in [0.3, 0.4) is 0 Å². The second kappa shape index (κ2) is 4.84. The maximum atomic E-state index is 12.2. The number of carbonyl (C=O) groups excluding carboxylic acids is 1. The van der Waals surface area contributed by atoms with Crippen LogP contribution in [-0.2, 0) is 21.9 Å². The fourth-order valence-electron chi connectivity index (χ4n) is 1.76. The van der Waals surface area contributed by atoms with E-state index in [0.717, 1.165) is 11.8 Å². The van der Waals surface area contributed by atoms with Gasteiger partial charge in [-0.2, -0.15) is 9.82 Å². The Kier molecular flexibility index (Phi) is 3.72. The lowest BCUT2D eigenvalue weighted by Crippen LogP contribution is -2.37. The molecular weight excluding hydrogens is 298 g/mol. The molecule has 0 aliphatic carbocycles. The van der Waals surface area contributed by atoms with Gasteiger partial charge in [0.15, 0.2) is 0 Å². The van der Waals surface area contributed by atoms with Gasteiger partial charge in [0.1, 0.15) is 10.0 Å². The van der Waals surface area contributed by atoms with Crippen molar-refractivity contribution in [3.63, 3.8) is 0 Å². The van der Waals surface area contributed by atoms with Crippen LogP contribution in [0.4, 0.5) is 0 Å². The fraction of sp³-hybridized carbons (Fsp3) is 0.556. The summed E-state index contributed by atoms with van der Waals surface area (Å²) in [5.41, 5.74) is 0.313. The summed E-state index contributed by atoms with van der Waals surface area (Å²) in [6.45, 7) is 1.56. The average molecular weight is 310 g/mol. The summed E-state index contributed by atoms with van der Waals surface area (Å²) in [6, 6.07) is -0.671. The predicted molar refractivity (Wildman–Crippen MR) is 69.1 cm³/mol. The highest BCUT2D eigenvalue weighted by atomic mass is 35.5. The zero-order valence-corrected chi connectivity index (χ0v) is 12.2. The normalized spacial score (nSPS) is 20.6. The van der Waals surface area contributed by atoms with Gasteiger partial charge in [0.25, 0.3) is 0 Å². The molecule has 100 valence electrons. The van der Waals surface area contributed by atoms with Gasteiger partial charge in [0.2, 0.25) is 15.1 Å². The molecule has 1 fully saturated rings. The van der Waals surface area contributed by atoms with Gasteiger partial charge in [-0.05, 0) is 13.3 Å². The molecule has 2 heterocycles. The van der Waals surface area contributed by atoms with Gasteiger partial charge in [-0.25, -0.2) is 8.42 Å². The van der Waals surface area contributed by atoms with Crippen molar-refractivity contribution in [3.05, 3.63) is 10.8 Å². The molecular formula is C9H12ClN3O3S2. The highest BCUT2D eigenvalue weighted by molar-refractivity contribution is 8.14. The van der Waals surface area contributed by atoms with Crippen molar-refractivity contribution in [2.45, 2.75) is 24.3 Å². The van der Waals surface area contributed by atoms with Crippen LogP contribution < -0.4 is 4.72 Å². The molecule has 2 rings (SSSR count). The molecule has 1 aliphatic rings. The molecule has 0 saturated carbocycles. The first-order valence-electron chi connectivity index (χ1n) is 5.21. The molecule has 0 aromatic carbocycles. The molecule has 1 unspecified atom stereocenters. The maximum Gasteiger partial charge on any atom is 0.246 e. The van der Waals surface area contributed by atoms with E-state index in [1.54, 1.807) is 14.0 Å². The van der Waals surface area contributed by atoms with Crippen LogP contribution in [0.25, 0.3) is 0 Å². The number of aryl methyl sites for hydroxylation is 2. The van der Waals surface area contributed by atoms with Crippen molar-refractivity contribution in [2.75, 3.05) is 5.75 Å². The highest BCUT2D eigenvalue weighted by Gasteiger charge is 2.33. The van der Waals surface area contributed by atoms with Crippen molar-refractivity contribution >= 4 is 38.5 Å². The zero-order valence-electron chi connectivity index (χ0n) is 9.81. The smallest absolute Gasteiger partial charge is 0.246 e. The monoisotopic (exact) mass is 309 g/mol. The summed E-state index contributed by atoms with van der Waals surface area (Å²) in [5, 5.41) is 3.83. The Morgan fingerprint density at radius 3 is 2.67 bits per heavy atom. The maximum absolute atomic E-state index is 12.2. The number of halogens is 1. The lowest BCUT2D eigenvalue weighted by atomic mass is 10.3. The van der Waals surface area contributed by atoms with Gasteiger partial charge in [0.05, 0.1) is 11.7 Å². The van der Waals surface area contributed by atoms with Crippen LogP contribution in [0.5, 0.6) is 0 Å². The first-order valence-corrected chi connectivity index (χ1v) is 8.05. The van der Waals surface area contributed by atoms with Gasteiger partial charge in [-0.1, -0.05) is 23.4 Å². The number of carbonyl (C=O) groups is 1. The van der Waals surface area contributed by atoms with Gasteiger partial charge < -0.3 is 0 Å². The third-order valence-corrected chi connectivity index (χ3v) is 5.78. The van der Waals surface area contributed by atoms with E-state index in [0.29, 0.717) is 17.9 Å². The van der Waals surface area contributed by atoms with Crippen molar-refractivity contribution in [2.24, 2.45) is 7.05 Å². The average Bonchev–Trinajstić information content (AvgIpc) is 2.73. The number of nitrogens with zero attached hydrogens (tertiary/aromatic N) is 2. The number of nitrogens with one attached hydrogen (secondary N) is 1. The Bertz CT molecular complexity index is 596. The third kappa shape index (κ3) is 2.42. The first-order chi connectivity index (χ1) is 8.33. The fourth-order valence-corrected chi connectivity index (χ4v) is 4.75. The van der Waals surface area contributed by atoms with Gasteiger partial charge in [0, 0.05) is 12.8 Å². The highest BCUT2D eigenvalue weighted by Crippen LogP contribution is 2.26. The summed E-state index contributed by atoms with van der Waals surface area (Å²) in [5.74, 6) is 0.631. The van der Waals surface area contributed by atoms with Crippen LogP contribution in [0.1, 0.15) is 12.1 Å². The topological polar surface area (TPSA) is 81.1 Å². The van der Waals surface area contributed by atoms with E-state index >= 15 is 0 Å². The standard InChI is InChI=1S/C9H12ClN3O3S2/c1-5-7(8(10)13(2)11-5)18(15,16)12-6-3-4-17-9(6)14/h6,12H,3-4H2,1-2H3. The minimum Gasteiger partial charge on any atom is -0.285 e. The van der Waals surface area contributed by atoms with E-state index in [9.17, 15) is 13.2 Å². The lowest BCUT2D eigenvalue weighted by molar-refractivity contribution is -0.111. The zero-order chi connectivity index (χ0) is 13.5. The van der Waals surface area contributed by atoms with Gasteiger partial charge in [-0.3, -0.25) is 9.48 Å². The molecule has 6 nitrogen and oxygen atoms in total.